The Morgan fingerprint density at radius 2 is 1.76 bits per heavy atom. The van der Waals surface area contributed by atoms with Crippen LogP contribution in [-0.2, 0) is 6.42 Å². The molecule has 0 aliphatic carbocycles. The predicted molar refractivity (Wildman–Crippen MR) is 67.0 cm³/mol. The van der Waals surface area contributed by atoms with E-state index in [2.05, 4.69) is 39.7 Å². The molecule has 0 aliphatic rings. The van der Waals surface area contributed by atoms with Crippen molar-refractivity contribution in [1.29, 1.82) is 0 Å². The Balaban J connectivity index is 2.07. The van der Waals surface area contributed by atoms with Crippen LogP contribution >= 0.6 is 0 Å². The fraction of sp³-hybridized carbons (Fsp3) is 0.143. The normalized spacial score (nSPS) is 10.9. The van der Waals surface area contributed by atoms with Crippen LogP contribution in [0.4, 0.5) is 0 Å². The van der Waals surface area contributed by atoms with Crippen LogP contribution in [0.15, 0.2) is 48.5 Å². The minimum Gasteiger partial charge on any atom is -0.283 e. The fourth-order valence-electron chi connectivity index (χ4n) is 2.06. The summed E-state index contributed by atoms with van der Waals surface area (Å²) in [6.07, 6.45) is 0.812. The van der Waals surface area contributed by atoms with Crippen LogP contribution in [-0.4, -0.2) is 14.6 Å². The molecule has 0 aliphatic heterocycles. The van der Waals surface area contributed by atoms with E-state index in [4.69, 9.17) is 0 Å². The molecule has 0 saturated heterocycles. The molecular weight excluding hydrogens is 210 g/mol. The highest BCUT2D eigenvalue weighted by Crippen LogP contribution is 2.11. The zero-order valence-corrected chi connectivity index (χ0v) is 9.67. The van der Waals surface area contributed by atoms with E-state index in [1.807, 2.05) is 30.3 Å². The Bertz CT molecular complexity index is 641. The van der Waals surface area contributed by atoms with E-state index >= 15 is 0 Å². The van der Waals surface area contributed by atoms with Gasteiger partial charge in [0.25, 0.3) is 0 Å². The molecule has 0 amide bonds. The maximum atomic E-state index is 4.26. The highest BCUT2D eigenvalue weighted by atomic mass is 15.2. The Hall–Kier alpha value is -2.16. The monoisotopic (exact) mass is 223 g/mol. The molecule has 1 aromatic carbocycles. The first-order valence-corrected chi connectivity index (χ1v) is 5.68. The van der Waals surface area contributed by atoms with Crippen LogP contribution in [0.2, 0.25) is 0 Å². The quantitative estimate of drug-likeness (QED) is 0.668. The van der Waals surface area contributed by atoms with E-state index in [1.54, 1.807) is 0 Å². The van der Waals surface area contributed by atoms with Gasteiger partial charge in [-0.05, 0) is 24.6 Å². The second-order valence-corrected chi connectivity index (χ2v) is 4.14. The highest BCUT2D eigenvalue weighted by Gasteiger charge is 2.07. The number of rotatable bonds is 2. The van der Waals surface area contributed by atoms with Crippen molar-refractivity contribution in [2.24, 2.45) is 0 Å². The van der Waals surface area contributed by atoms with Gasteiger partial charge in [0.2, 0.25) is 0 Å². The van der Waals surface area contributed by atoms with Gasteiger partial charge in [-0.15, -0.1) is 10.2 Å². The lowest BCUT2D eigenvalue weighted by Crippen LogP contribution is -1.99. The minimum atomic E-state index is 0.812. The van der Waals surface area contributed by atoms with Crippen molar-refractivity contribution in [3.63, 3.8) is 0 Å². The van der Waals surface area contributed by atoms with Crippen LogP contribution in [0.3, 0.4) is 0 Å². The van der Waals surface area contributed by atoms with Gasteiger partial charge in [0.05, 0.1) is 0 Å². The Morgan fingerprint density at radius 1 is 0.941 bits per heavy atom. The molecule has 3 rings (SSSR count). The van der Waals surface area contributed by atoms with Crippen LogP contribution in [0.5, 0.6) is 0 Å². The summed E-state index contributed by atoms with van der Waals surface area (Å²) in [5.74, 6) is 0.990. The van der Waals surface area contributed by atoms with Crippen LogP contribution in [0.1, 0.15) is 17.1 Å². The third-order valence-electron chi connectivity index (χ3n) is 2.90. The number of nitrogens with zero attached hydrogens (tertiary/aromatic N) is 3. The van der Waals surface area contributed by atoms with Gasteiger partial charge >= 0.3 is 0 Å². The van der Waals surface area contributed by atoms with E-state index in [1.165, 1.54) is 11.3 Å². The molecule has 0 radical (unpaired) electrons. The van der Waals surface area contributed by atoms with Gasteiger partial charge in [-0.3, -0.25) is 4.40 Å². The molecule has 0 fully saturated rings. The average molecular weight is 223 g/mol. The molecule has 0 atom stereocenters. The molecule has 3 nitrogen and oxygen atoms in total. The third kappa shape index (κ3) is 1.80. The molecule has 0 bridgehead atoms. The number of aryl methyl sites for hydroxylation is 1. The first-order valence-electron chi connectivity index (χ1n) is 5.68. The molecule has 0 saturated carbocycles. The summed E-state index contributed by atoms with van der Waals surface area (Å²) < 4.78 is 2.10. The van der Waals surface area contributed by atoms with Crippen molar-refractivity contribution in [3.8, 4) is 0 Å². The average Bonchev–Trinajstić information content (AvgIpc) is 2.75. The summed E-state index contributed by atoms with van der Waals surface area (Å²) in [7, 11) is 0. The Morgan fingerprint density at radius 3 is 2.59 bits per heavy atom. The molecular formula is C14H13N3. The summed E-state index contributed by atoms with van der Waals surface area (Å²) in [5, 5.41) is 8.45. The zero-order valence-electron chi connectivity index (χ0n) is 9.67. The summed E-state index contributed by atoms with van der Waals surface area (Å²) in [6.45, 7) is 2.07. The van der Waals surface area contributed by atoms with Gasteiger partial charge in [-0.1, -0.05) is 36.4 Å². The number of aromatic nitrogens is 3. The number of benzene rings is 1. The van der Waals surface area contributed by atoms with Crippen molar-refractivity contribution < 1.29 is 0 Å². The van der Waals surface area contributed by atoms with E-state index in [0.717, 1.165) is 17.9 Å². The largest absolute Gasteiger partial charge is 0.283 e. The van der Waals surface area contributed by atoms with Crippen LogP contribution < -0.4 is 0 Å². The third-order valence-corrected chi connectivity index (χ3v) is 2.90. The predicted octanol–water partition coefficient (Wildman–Crippen LogP) is 2.63. The second kappa shape index (κ2) is 4.01. The highest BCUT2D eigenvalue weighted by molar-refractivity contribution is 5.40. The topological polar surface area (TPSA) is 30.2 Å². The lowest BCUT2D eigenvalue weighted by molar-refractivity contribution is 0.915. The Labute approximate surface area is 99.7 Å². The van der Waals surface area contributed by atoms with Gasteiger partial charge in [0, 0.05) is 12.1 Å². The SMILES string of the molecule is Cc1cccc2nnc(Cc3ccccc3)n12. The van der Waals surface area contributed by atoms with Gasteiger partial charge < -0.3 is 0 Å². The first-order chi connectivity index (χ1) is 8.34. The number of hydrogen-bond donors (Lipinski definition) is 0. The summed E-state index contributed by atoms with van der Waals surface area (Å²) in [5.41, 5.74) is 3.33. The molecule has 0 N–H and O–H groups in total. The smallest absolute Gasteiger partial charge is 0.160 e. The van der Waals surface area contributed by atoms with Crippen molar-refractivity contribution in [1.82, 2.24) is 14.6 Å². The lowest BCUT2D eigenvalue weighted by Gasteiger charge is -2.03. The molecule has 84 valence electrons. The number of fused-ring (bicyclic) bond motifs is 1. The summed E-state index contributed by atoms with van der Waals surface area (Å²) in [6, 6.07) is 16.4. The maximum absolute atomic E-state index is 4.26. The summed E-state index contributed by atoms with van der Waals surface area (Å²) in [4.78, 5) is 0. The van der Waals surface area contributed by atoms with E-state index < -0.39 is 0 Å². The van der Waals surface area contributed by atoms with Gasteiger partial charge in [-0.25, -0.2) is 0 Å². The van der Waals surface area contributed by atoms with Crippen molar-refractivity contribution >= 4 is 5.65 Å². The van der Waals surface area contributed by atoms with E-state index in [0.29, 0.717) is 0 Å². The fourth-order valence-corrected chi connectivity index (χ4v) is 2.06. The van der Waals surface area contributed by atoms with Crippen LogP contribution in [0.25, 0.3) is 5.65 Å². The van der Waals surface area contributed by atoms with E-state index in [9.17, 15) is 0 Å². The minimum absolute atomic E-state index is 0.812. The van der Waals surface area contributed by atoms with E-state index in [-0.39, 0.29) is 0 Å². The number of hydrogen-bond acceptors (Lipinski definition) is 2. The van der Waals surface area contributed by atoms with Gasteiger partial charge in [-0.2, -0.15) is 0 Å². The second-order valence-electron chi connectivity index (χ2n) is 4.14. The van der Waals surface area contributed by atoms with Gasteiger partial charge in [0.15, 0.2) is 5.65 Å². The maximum Gasteiger partial charge on any atom is 0.160 e. The Kier molecular flexibility index (Phi) is 2.37. The zero-order chi connectivity index (χ0) is 11.7. The molecule has 3 aromatic rings. The molecule has 2 heterocycles. The lowest BCUT2D eigenvalue weighted by atomic mass is 10.1. The molecule has 0 spiro atoms. The van der Waals surface area contributed by atoms with Crippen molar-refractivity contribution in [3.05, 3.63) is 65.6 Å². The van der Waals surface area contributed by atoms with Crippen LogP contribution in [0, 0.1) is 6.92 Å². The van der Waals surface area contributed by atoms with Gasteiger partial charge in [0.1, 0.15) is 5.82 Å². The molecule has 3 heteroatoms. The molecule has 17 heavy (non-hydrogen) atoms. The standard InChI is InChI=1S/C14H13N3/c1-11-6-5-9-13-15-16-14(17(11)13)10-12-7-3-2-4-8-12/h2-9H,10H2,1H3. The molecule has 0 unspecified atom stereocenters. The first kappa shape index (κ1) is 10.0. The summed E-state index contributed by atoms with van der Waals surface area (Å²) >= 11 is 0. The van der Waals surface area contributed by atoms with Crippen molar-refractivity contribution in [2.75, 3.05) is 0 Å². The van der Waals surface area contributed by atoms with Crippen molar-refractivity contribution in [2.45, 2.75) is 13.3 Å². The molecule has 2 aromatic heterocycles. The number of pyridine rings is 1.